The van der Waals surface area contributed by atoms with Crippen LogP contribution in [0.3, 0.4) is 0 Å². The van der Waals surface area contributed by atoms with Crippen molar-refractivity contribution < 1.29 is 25.2 Å². The fourth-order valence-corrected chi connectivity index (χ4v) is 7.46. The number of carbonyl (C=O) groups is 1. The largest absolute Gasteiger partial charge is 0.394 e. The maximum Gasteiger partial charge on any atom is 0.249 e. The molecule has 0 aliphatic rings. The summed E-state index contributed by atoms with van der Waals surface area (Å²) in [7, 11) is 0. The Labute approximate surface area is 330 Å². The van der Waals surface area contributed by atoms with Gasteiger partial charge in [0.1, 0.15) is 12.2 Å². The van der Waals surface area contributed by atoms with Gasteiger partial charge in [-0.25, -0.2) is 0 Å². The fourth-order valence-electron chi connectivity index (χ4n) is 7.46. The first-order chi connectivity index (χ1) is 26.0. The number of hydrogen-bond acceptors (Lipinski definition) is 5. The Morgan fingerprint density at radius 3 is 1.09 bits per heavy atom. The molecule has 0 fully saturated rings. The third-order valence-corrected chi connectivity index (χ3v) is 11.2. The lowest BCUT2D eigenvalue weighted by Gasteiger charge is -2.27. The van der Waals surface area contributed by atoms with Crippen LogP contribution in [-0.4, -0.2) is 57.3 Å². The molecule has 0 aliphatic carbocycles. The second-order valence-electron chi connectivity index (χ2n) is 16.5. The molecule has 53 heavy (non-hydrogen) atoms. The number of hydrogen-bond donors (Lipinski definition) is 5. The molecule has 0 radical (unpaired) electrons. The zero-order valence-corrected chi connectivity index (χ0v) is 35.5. The number of aliphatic hydroxyl groups is 4. The topological polar surface area (TPSA) is 110 Å². The summed E-state index contributed by atoms with van der Waals surface area (Å²) in [5.74, 6) is -0.585. The van der Waals surface area contributed by atoms with Gasteiger partial charge in [-0.1, -0.05) is 225 Å². The monoisotopic (exact) mass is 752 g/mol. The Balaban J connectivity index is 3.68. The van der Waals surface area contributed by atoms with E-state index in [2.05, 4.69) is 31.3 Å². The molecule has 0 aromatic carbocycles. The van der Waals surface area contributed by atoms with Crippen LogP contribution in [0.5, 0.6) is 0 Å². The first-order valence-electron chi connectivity index (χ1n) is 23.6. The van der Waals surface area contributed by atoms with E-state index in [1.165, 1.54) is 186 Å². The van der Waals surface area contributed by atoms with E-state index >= 15 is 0 Å². The molecule has 0 bridgehead atoms. The van der Waals surface area contributed by atoms with Crippen molar-refractivity contribution in [1.29, 1.82) is 0 Å². The number of allylic oxidation sites excluding steroid dienone is 2. The minimum absolute atomic E-state index is 0.367. The molecule has 316 valence electrons. The lowest BCUT2D eigenvalue weighted by atomic mass is 9.99. The highest BCUT2D eigenvalue weighted by molar-refractivity contribution is 5.80. The normalized spacial score (nSPS) is 14.2. The van der Waals surface area contributed by atoms with Crippen LogP contribution in [0.2, 0.25) is 0 Å². The second kappa shape index (κ2) is 42.2. The van der Waals surface area contributed by atoms with E-state index in [0.29, 0.717) is 12.8 Å². The molecule has 5 N–H and O–H groups in total. The maximum atomic E-state index is 12.5. The van der Waals surface area contributed by atoms with Crippen molar-refractivity contribution in [2.24, 2.45) is 0 Å². The smallest absolute Gasteiger partial charge is 0.249 e. The molecule has 1 amide bonds. The summed E-state index contributed by atoms with van der Waals surface area (Å²) < 4.78 is 0. The van der Waals surface area contributed by atoms with Crippen LogP contribution in [0.15, 0.2) is 12.2 Å². The number of nitrogens with one attached hydrogen (secondary N) is 1. The third-order valence-electron chi connectivity index (χ3n) is 11.2. The number of unbranched alkanes of at least 4 members (excludes halogenated alkanes) is 32. The summed E-state index contributed by atoms with van der Waals surface area (Å²) in [6.45, 7) is 4.06. The van der Waals surface area contributed by atoms with Crippen LogP contribution in [0, 0.1) is 0 Å². The van der Waals surface area contributed by atoms with Gasteiger partial charge < -0.3 is 25.7 Å². The molecular weight excluding hydrogens is 659 g/mol. The molecule has 0 rings (SSSR count). The SMILES string of the molecule is CCCCCCCCCCCCCC/C=C\CCCCCCCCCC(O)C(=O)NC(CO)C(O)C(O)CCCCCCCCCCCCCCCC. The number of rotatable bonds is 43. The zero-order chi connectivity index (χ0) is 38.9. The molecule has 6 nitrogen and oxygen atoms in total. The Hall–Kier alpha value is -0.950. The summed E-state index contributed by atoms with van der Waals surface area (Å²) in [4.78, 5) is 12.5. The number of carbonyl (C=O) groups excluding carboxylic acids is 1. The van der Waals surface area contributed by atoms with Crippen molar-refractivity contribution in [3.63, 3.8) is 0 Å². The Kier molecular flexibility index (Phi) is 41.4. The van der Waals surface area contributed by atoms with Crippen LogP contribution < -0.4 is 5.32 Å². The Morgan fingerprint density at radius 1 is 0.453 bits per heavy atom. The van der Waals surface area contributed by atoms with E-state index in [9.17, 15) is 25.2 Å². The molecule has 0 aromatic heterocycles. The van der Waals surface area contributed by atoms with Crippen molar-refractivity contribution in [3.05, 3.63) is 12.2 Å². The Bertz CT molecular complexity index is 761. The van der Waals surface area contributed by atoms with E-state index < -0.39 is 36.9 Å². The minimum Gasteiger partial charge on any atom is -0.394 e. The van der Waals surface area contributed by atoms with E-state index in [0.717, 1.165) is 38.5 Å². The van der Waals surface area contributed by atoms with Crippen molar-refractivity contribution in [3.8, 4) is 0 Å². The van der Waals surface area contributed by atoms with Gasteiger partial charge in [0.2, 0.25) is 5.91 Å². The highest BCUT2D eigenvalue weighted by atomic mass is 16.3. The molecule has 0 saturated carbocycles. The fraction of sp³-hybridized carbons (Fsp3) is 0.936. The van der Waals surface area contributed by atoms with Crippen molar-refractivity contribution in [2.45, 2.75) is 276 Å². The predicted octanol–water partition coefficient (Wildman–Crippen LogP) is 12.6. The molecule has 0 aliphatic heterocycles. The third kappa shape index (κ3) is 36.4. The van der Waals surface area contributed by atoms with Crippen molar-refractivity contribution >= 4 is 5.91 Å². The van der Waals surface area contributed by atoms with Crippen LogP contribution in [-0.2, 0) is 4.79 Å². The van der Waals surface area contributed by atoms with Gasteiger partial charge in [-0.2, -0.15) is 0 Å². The molecular formula is C47H93NO5. The number of aliphatic hydroxyl groups excluding tert-OH is 4. The zero-order valence-electron chi connectivity index (χ0n) is 35.5. The van der Waals surface area contributed by atoms with Gasteiger partial charge in [-0.05, 0) is 38.5 Å². The lowest BCUT2D eigenvalue weighted by molar-refractivity contribution is -0.132. The van der Waals surface area contributed by atoms with E-state index in [4.69, 9.17) is 0 Å². The quantitative estimate of drug-likeness (QED) is 0.0315. The van der Waals surface area contributed by atoms with Gasteiger partial charge in [-0.3, -0.25) is 4.79 Å². The van der Waals surface area contributed by atoms with Gasteiger partial charge in [-0.15, -0.1) is 0 Å². The van der Waals surface area contributed by atoms with Crippen molar-refractivity contribution in [1.82, 2.24) is 5.32 Å². The number of amides is 1. The average Bonchev–Trinajstić information content (AvgIpc) is 3.16. The molecule has 0 spiro atoms. The Morgan fingerprint density at radius 2 is 0.755 bits per heavy atom. The van der Waals surface area contributed by atoms with Crippen LogP contribution in [0.1, 0.15) is 251 Å². The standard InChI is InChI=1S/C47H93NO5/c1-3-5-7-9-11-13-15-17-19-20-21-22-23-24-25-26-27-29-31-33-35-37-39-41-45(51)47(53)48-43(42-49)46(52)44(50)40-38-36-34-32-30-28-18-16-14-12-10-8-6-4-2/h24-25,43-46,49-52H,3-23,26-42H2,1-2H3,(H,48,53)/b25-24-. The second-order valence-corrected chi connectivity index (χ2v) is 16.5. The molecule has 4 unspecified atom stereocenters. The van der Waals surface area contributed by atoms with Gasteiger partial charge >= 0.3 is 0 Å². The average molecular weight is 752 g/mol. The highest BCUT2D eigenvalue weighted by Crippen LogP contribution is 2.17. The molecule has 4 atom stereocenters. The predicted molar refractivity (Wildman–Crippen MR) is 228 cm³/mol. The van der Waals surface area contributed by atoms with Gasteiger partial charge in [0, 0.05) is 0 Å². The summed E-state index contributed by atoms with van der Waals surface area (Å²) >= 11 is 0. The molecule has 6 heteroatoms. The van der Waals surface area contributed by atoms with Gasteiger partial charge in [0.05, 0.1) is 18.8 Å². The molecule has 0 aromatic rings. The first-order valence-corrected chi connectivity index (χ1v) is 23.6. The van der Waals surface area contributed by atoms with Gasteiger partial charge in [0.25, 0.3) is 0 Å². The van der Waals surface area contributed by atoms with Crippen LogP contribution in [0.25, 0.3) is 0 Å². The van der Waals surface area contributed by atoms with E-state index in [1.807, 2.05) is 0 Å². The van der Waals surface area contributed by atoms with E-state index in [1.54, 1.807) is 0 Å². The van der Waals surface area contributed by atoms with Crippen LogP contribution in [0.4, 0.5) is 0 Å². The summed E-state index contributed by atoms with van der Waals surface area (Å²) in [6.07, 6.45) is 46.8. The molecule has 0 saturated heterocycles. The summed E-state index contributed by atoms with van der Waals surface area (Å²) in [5, 5.41) is 43.7. The maximum absolute atomic E-state index is 12.5. The minimum atomic E-state index is -1.26. The van der Waals surface area contributed by atoms with E-state index in [-0.39, 0.29) is 0 Å². The lowest BCUT2D eigenvalue weighted by Crippen LogP contribution is -2.53. The summed E-state index contributed by atoms with van der Waals surface area (Å²) in [6, 6.07) is -0.983. The highest BCUT2D eigenvalue weighted by Gasteiger charge is 2.28. The van der Waals surface area contributed by atoms with Crippen LogP contribution >= 0.6 is 0 Å². The first kappa shape index (κ1) is 52.0. The summed E-state index contributed by atoms with van der Waals surface area (Å²) in [5.41, 5.74) is 0. The van der Waals surface area contributed by atoms with Crippen molar-refractivity contribution in [2.75, 3.05) is 6.61 Å². The molecule has 0 heterocycles. The van der Waals surface area contributed by atoms with Gasteiger partial charge in [0.15, 0.2) is 0 Å².